The van der Waals surface area contributed by atoms with Crippen molar-refractivity contribution in [2.75, 3.05) is 13.1 Å². The van der Waals surface area contributed by atoms with E-state index in [1.165, 1.54) is 12.1 Å². The SMILES string of the molecule is CC(=O)N1N=C2C3CCN(CC3)[C@H]2[C@@H]1c1ccc(F)cc1. The van der Waals surface area contributed by atoms with Crippen LogP contribution < -0.4 is 0 Å². The van der Waals surface area contributed by atoms with Gasteiger partial charge in [0.2, 0.25) is 5.91 Å². The molecular formula is C16H18FN3O. The molecule has 4 nitrogen and oxygen atoms in total. The van der Waals surface area contributed by atoms with Crippen LogP contribution in [0.5, 0.6) is 0 Å². The van der Waals surface area contributed by atoms with Gasteiger partial charge >= 0.3 is 0 Å². The summed E-state index contributed by atoms with van der Waals surface area (Å²) in [7, 11) is 0. The Labute approximate surface area is 123 Å². The third-order valence-electron chi connectivity index (χ3n) is 4.96. The summed E-state index contributed by atoms with van der Waals surface area (Å²) in [5.74, 6) is 0.205. The summed E-state index contributed by atoms with van der Waals surface area (Å²) in [5.41, 5.74) is 2.11. The first-order valence-corrected chi connectivity index (χ1v) is 7.53. The molecule has 3 saturated heterocycles. The Kier molecular flexibility index (Phi) is 2.85. The molecule has 21 heavy (non-hydrogen) atoms. The summed E-state index contributed by atoms with van der Waals surface area (Å²) < 4.78 is 13.2. The predicted octanol–water partition coefficient (Wildman–Crippen LogP) is 2.18. The van der Waals surface area contributed by atoms with Crippen LogP contribution in [0.4, 0.5) is 4.39 Å². The van der Waals surface area contributed by atoms with Gasteiger partial charge in [0.25, 0.3) is 0 Å². The van der Waals surface area contributed by atoms with Gasteiger partial charge in [-0.25, -0.2) is 9.40 Å². The van der Waals surface area contributed by atoms with Gasteiger partial charge in [0.05, 0.1) is 11.8 Å². The van der Waals surface area contributed by atoms with E-state index >= 15 is 0 Å². The Morgan fingerprint density at radius 1 is 1.19 bits per heavy atom. The van der Waals surface area contributed by atoms with E-state index in [1.807, 2.05) is 0 Å². The zero-order valence-electron chi connectivity index (χ0n) is 12.0. The second-order valence-electron chi connectivity index (χ2n) is 6.14. The van der Waals surface area contributed by atoms with Crippen LogP contribution >= 0.6 is 0 Å². The molecule has 5 heteroatoms. The quantitative estimate of drug-likeness (QED) is 0.793. The summed E-state index contributed by atoms with van der Waals surface area (Å²) in [6.07, 6.45) is 2.27. The van der Waals surface area contributed by atoms with Gasteiger partial charge in [0, 0.05) is 12.8 Å². The molecule has 4 heterocycles. The van der Waals surface area contributed by atoms with Gasteiger partial charge in [-0.2, -0.15) is 5.10 Å². The summed E-state index contributed by atoms with van der Waals surface area (Å²) in [5, 5.41) is 6.24. The van der Waals surface area contributed by atoms with Crippen molar-refractivity contribution >= 4 is 11.6 Å². The number of carbonyl (C=O) groups excluding carboxylic acids is 1. The Bertz CT molecular complexity index is 604. The molecule has 1 aromatic carbocycles. The fraction of sp³-hybridized carbons (Fsp3) is 0.500. The lowest BCUT2D eigenvalue weighted by Crippen LogP contribution is -2.56. The Morgan fingerprint density at radius 2 is 1.86 bits per heavy atom. The van der Waals surface area contributed by atoms with Crippen LogP contribution in [0.15, 0.2) is 29.4 Å². The number of halogens is 1. The molecule has 0 saturated carbocycles. The van der Waals surface area contributed by atoms with Crippen LogP contribution in [0, 0.1) is 11.7 Å². The topological polar surface area (TPSA) is 35.9 Å². The highest BCUT2D eigenvalue weighted by Gasteiger charge is 2.50. The Hall–Kier alpha value is -1.75. The molecule has 2 atom stereocenters. The zero-order valence-corrected chi connectivity index (χ0v) is 12.0. The van der Waals surface area contributed by atoms with E-state index in [2.05, 4.69) is 10.0 Å². The minimum absolute atomic E-state index is 0.0492. The first-order valence-electron chi connectivity index (χ1n) is 7.53. The number of nitrogens with zero attached hydrogens (tertiary/aromatic N) is 3. The second-order valence-corrected chi connectivity index (χ2v) is 6.14. The molecule has 2 bridgehead atoms. The van der Waals surface area contributed by atoms with Crippen LogP contribution in [0.3, 0.4) is 0 Å². The maximum absolute atomic E-state index is 13.2. The number of fused-ring (bicyclic) bond motifs is 2. The first-order chi connectivity index (χ1) is 10.1. The number of piperidine rings is 3. The Balaban J connectivity index is 1.77. The molecule has 0 aliphatic carbocycles. The Morgan fingerprint density at radius 3 is 2.48 bits per heavy atom. The van der Waals surface area contributed by atoms with Crippen molar-refractivity contribution in [3.63, 3.8) is 0 Å². The fourth-order valence-electron chi connectivity index (χ4n) is 3.97. The molecule has 3 fully saturated rings. The van der Waals surface area contributed by atoms with Crippen molar-refractivity contribution < 1.29 is 9.18 Å². The highest BCUT2D eigenvalue weighted by atomic mass is 19.1. The highest BCUT2D eigenvalue weighted by molar-refractivity contribution is 5.97. The van der Waals surface area contributed by atoms with Crippen molar-refractivity contribution in [2.24, 2.45) is 11.0 Å². The van der Waals surface area contributed by atoms with Gasteiger partial charge in [-0.1, -0.05) is 12.1 Å². The minimum atomic E-state index is -0.252. The molecule has 1 aromatic rings. The number of benzene rings is 1. The smallest absolute Gasteiger partial charge is 0.240 e. The summed E-state index contributed by atoms with van der Waals surface area (Å²) >= 11 is 0. The van der Waals surface area contributed by atoms with Crippen molar-refractivity contribution in [3.05, 3.63) is 35.6 Å². The lowest BCUT2D eigenvalue weighted by atomic mass is 9.78. The van der Waals surface area contributed by atoms with E-state index in [-0.39, 0.29) is 23.8 Å². The van der Waals surface area contributed by atoms with Gasteiger partial charge in [0.15, 0.2) is 0 Å². The van der Waals surface area contributed by atoms with Gasteiger partial charge < -0.3 is 0 Å². The van der Waals surface area contributed by atoms with Crippen molar-refractivity contribution in [3.8, 4) is 0 Å². The number of hydrazone groups is 1. The summed E-state index contributed by atoms with van der Waals surface area (Å²) in [4.78, 5) is 14.4. The molecule has 0 N–H and O–H groups in total. The number of hydrogen-bond donors (Lipinski definition) is 0. The van der Waals surface area contributed by atoms with Crippen LogP contribution in [0.25, 0.3) is 0 Å². The highest BCUT2D eigenvalue weighted by Crippen LogP contribution is 2.43. The number of carbonyl (C=O) groups is 1. The molecule has 4 aliphatic rings. The zero-order chi connectivity index (χ0) is 14.6. The lowest BCUT2D eigenvalue weighted by Gasteiger charge is -2.46. The van der Waals surface area contributed by atoms with E-state index in [9.17, 15) is 9.18 Å². The van der Waals surface area contributed by atoms with Crippen LogP contribution in [-0.2, 0) is 4.79 Å². The second kappa shape index (κ2) is 4.63. The van der Waals surface area contributed by atoms with Gasteiger partial charge in [0.1, 0.15) is 11.9 Å². The molecule has 5 rings (SSSR count). The molecule has 0 radical (unpaired) electrons. The van der Waals surface area contributed by atoms with E-state index in [1.54, 1.807) is 24.1 Å². The summed E-state index contributed by atoms with van der Waals surface area (Å²) in [6.45, 7) is 3.69. The number of hydrogen-bond acceptors (Lipinski definition) is 3. The molecule has 0 spiro atoms. The third kappa shape index (κ3) is 1.91. The predicted molar refractivity (Wildman–Crippen MR) is 77.2 cm³/mol. The lowest BCUT2D eigenvalue weighted by molar-refractivity contribution is -0.131. The first kappa shape index (κ1) is 13.0. The average molecular weight is 287 g/mol. The molecule has 4 aliphatic heterocycles. The molecule has 110 valence electrons. The van der Waals surface area contributed by atoms with E-state index in [0.717, 1.165) is 37.2 Å². The minimum Gasteiger partial charge on any atom is -0.293 e. The average Bonchev–Trinajstić information content (AvgIpc) is 2.92. The normalized spacial score (nSPS) is 33.8. The maximum atomic E-state index is 13.2. The van der Waals surface area contributed by atoms with E-state index in [0.29, 0.717) is 5.92 Å². The van der Waals surface area contributed by atoms with Crippen molar-refractivity contribution in [1.82, 2.24) is 9.91 Å². The fourth-order valence-corrected chi connectivity index (χ4v) is 3.97. The number of rotatable bonds is 1. The van der Waals surface area contributed by atoms with E-state index < -0.39 is 0 Å². The standard InChI is InChI=1S/C16H18FN3O/c1-10(21)20-15(12-2-4-13(17)5-3-12)16-14(18-20)11-6-8-19(16)9-7-11/h2-5,11,15-16H,6-9H2,1H3/t15-,16+/m0/s1. The third-order valence-corrected chi connectivity index (χ3v) is 4.96. The maximum Gasteiger partial charge on any atom is 0.240 e. The van der Waals surface area contributed by atoms with Crippen molar-refractivity contribution in [1.29, 1.82) is 0 Å². The van der Waals surface area contributed by atoms with Crippen LogP contribution in [0.2, 0.25) is 0 Å². The van der Waals surface area contributed by atoms with Crippen molar-refractivity contribution in [2.45, 2.75) is 31.8 Å². The van der Waals surface area contributed by atoms with Gasteiger partial charge in [-0.15, -0.1) is 0 Å². The van der Waals surface area contributed by atoms with Gasteiger partial charge in [-0.3, -0.25) is 9.69 Å². The molecule has 0 unspecified atom stereocenters. The number of amides is 1. The van der Waals surface area contributed by atoms with Crippen LogP contribution in [-0.4, -0.2) is 40.7 Å². The molecule has 0 aromatic heterocycles. The largest absolute Gasteiger partial charge is 0.293 e. The van der Waals surface area contributed by atoms with E-state index in [4.69, 9.17) is 0 Å². The molecular weight excluding hydrogens is 269 g/mol. The monoisotopic (exact) mass is 287 g/mol. The summed E-state index contributed by atoms with van der Waals surface area (Å²) in [6, 6.07) is 6.53. The van der Waals surface area contributed by atoms with Gasteiger partial charge in [-0.05, 0) is 43.6 Å². The van der Waals surface area contributed by atoms with Crippen LogP contribution in [0.1, 0.15) is 31.4 Å². The molecule has 1 amide bonds.